The predicted molar refractivity (Wildman–Crippen MR) is 109 cm³/mol. The minimum absolute atomic E-state index is 0.121. The molecular weight excluding hydrogens is 368 g/mol. The first-order chi connectivity index (χ1) is 14.2. The maximum absolute atomic E-state index is 13.2. The lowest BCUT2D eigenvalue weighted by Gasteiger charge is -2.28. The summed E-state index contributed by atoms with van der Waals surface area (Å²) in [5.74, 6) is 0.873. The van der Waals surface area contributed by atoms with Gasteiger partial charge in [-0.1, -0.05) is 25.1 Å². The van der Waals surface area contributed by atoms with E-state index in [0.717, 1.165) is 6.42 Å². The molecule has 3 aromatic rings. The number of hydrogen-bond acceptors (Lipinski definition) is 5. The van der Waals surface area contributed by atoms with Crippen molar-refractivity contribution in [2.75, 3.05) is 13.2 Å². The molecule has 0 radical (unpaired) electrons. The first kappa shape index (κ1) is 18.9. The number of aromatic amines is 1. The Bertz CT molecular complexity index is 1080. The molecule has 0 fully saturated rings. The highest BCUT2D eigenvalue weighted by Gasteiger charge is 2.27. The number of hydrogen-bond donors (Lipinski definition) is 1. The smallest absolute Gasteiger partial charge is 0.257 e. The standard InChI is InChI=1S/C22H22N4O3/c1-2-13-29-19-9-4-3-7-16(19)22(28)26-12-10-15-18(14-26)24-20(25-21(15)27)17-8-5-6-11-23-17/h3-9,11H,2,10,12-14H2,1H3,(H,24,25,27). The molecule has 0 atom stereocenters. The summed E-state index contributed by atoms with van der Waals surface area (Å²) in [6.45, 7) is 3.31. The van der Waals surface area contributed by atoms with Gasteiger partial charge < -0.3 is 14.6 Å². The summed E-state index contributed by atoms with van der Waals surface area (Å²) in [4.78, 5) is 39.1. The van der Waals surface area contributed by atoms with E-state index in [0.29, 0.717) is 53.7 Å². The van der Waals surface area contributed by atoms with Crippen LogP contribution in [-0.4, -0.2) is 38.9 Å². The molecule has 0 unspecified atom stereocenters. The maximum Gasteiger partial charge on any atom is 0.257 e. The fourth-order valence-corrected chi connectivity index (χ4v) is 3.39. The number of aromatic nitrogens is 3. The fraction of sp³-hybridized carbons (Fsp3) is 0.273. The van der Waals surface area contributed by atoms with Gasteiger partial charge in [0.1, 0.15) is 11.4 Å². The first-order valence-electron chi connectivity index (χ1n) is 9.72. The Labute approximate surface area is 168 Å². The van der Waals surface area contributed by atoms with Crippen LogP contribution in [0.15, 0.2) is 53.5 Å². The van der Waals surface area contributed by atoms with E-state index in [1.54, 1.807) is 29.3 Å². The van der Waals surface area contributed by atoms with E-state index in [2.05, 4.69) is 15.0 Å². The predicted octanol–water partition coefficient (Wildman–Crippen LogP) is 2.82. The molecule has 7 nitrogen and oxygen atoms in total. The Hall–Kier alpha value is -3.48. The van der Waals surface area contributed by atoms with Crippen LogP contribution in [0.2, 0.25) is 0 Å². The SMILES string of the molecule is CCCOc1ccccc1C(=O)N1CCc2c(nc(-c3ccccn3)[nH]c2=O)C1. The van der Waals surface area contributed by atoms with E-state index >= 15 is 0 Å². The van der Waals surface area contributed by atoms with E-state index in [4.69, 9.17) is 4.74 Å². The number of nitrogens with zero attached hydrogens (tertiary/aromatic N) is 3. The second kappa shape index (κ2) is 8.26. The Kier molecular flexibility index (Phi) is 5.37. The van der Waals surface area contributed by atoms with Gasteiger partial charge in [0, 0.05) is 18.3 Å². The number of para-hydroxylation sites is 1. The summed E-state index contributed by atoms with van der Waals surface area (Å²) in [5.41, 5.74) is 2.19. The van der Waals surface area contributed by atoms with Crippen molar-refractivity contribution < 1.29 is 9.53 Å². The number of fused-ring (bicyclic) bond motifs is 1. The van der Waals surface area contributed by atoms with Gasteiger partial charge in [0.05, 0.1) is 24.4 Å². The van der Waals surface area contributed by atoms with E-state index in [9.17, 15) is 9.59 Å². The Balaban J connectivity index is 1.63. The average Bonchev–Trinajstić information content (AvgIpc) is 2.77. The minimum atomic E-state index is -0.172. The molecule has 0 saturated carbocycles. The lowest BCUT2D eigenvalue weighted by atomic mass is 10.0. The van der Waals surface area contributed by atoms with Crippen LogP contribution in [0.5, 0.6) is 5.75 Å². The summed E-state index contributed by atoms with van der Waals surface area (Å²) >= 11 is 0. The van der Waals surface area contributed by atoms with Crippen LogP contribution in [0, 0.1) is 0 Å². The lowest BCUT2D eigenvalue weighted by Crippen LogP contribution is -2.39. The summed E-state index contributed by atoms with van der Waals surface area (Å²) in [5, 5.41) is 0. The zero-order valence-electron chi connectivity index (χ0n) is 16.2. The van der Waals surface area contributed by atoms with Crippen molar-refractivity contribution in [3.8, 4) is 17.3 Å². The fourth-order valence-electron chi connectivity index (χ4n) is 3.39. The van der Waals surface area contributed by atoms with Crippen molar-refractivity contribution in [2.24, 2.45) is 0 Å². The highest BCUT2D eigenvalue weighted by molar-refractivity contribution is 5.97. The van der Waals surface area contributed by atoms with E-state index < -0.39 is 0 Å². The largest absolute Gasteiger partial charge is 0.493 e. The third kappa shape index (κ3) is 3.89. The number of carbonyl (C=O) groups excluding carboxylic acids is 1. The normalized spacial score (nSPS) is 13.1. The molecule has 0 saturated heterocycles. The molecule has 1 aliphatic heterocycles. The van der Waals surface area contributed by atoms with Gasteiger partial charge in [0.2, 0.25) is 0 Å². The van der Waals surface area contributed by atoms with Crippen LogP contribution in [0.25, 0.3) is 11.5 Å². The summed E-state index contributed by atoms with van der Waals surface area (Å²) in [7, 11) is 0. The quantitative estimate of drug-likeness (QED) is 0.724. The highest BCUT2D eigenvalue weighted by Crippen LogP contribution is 2.24. The molecule has 4 rings (SSSR count). The third-order valence-corrected chi connectivity index (χ3v) is 4.85. The van der Waals surface area contributed by atoms with Crippen LogP contribution in [0.4, 0.5) is 0 Å². The van der Waals surface area contributed by atoms with Gasteiger partial charge in [-0.05, 0) is 37.1 Å². The Morgan fingerprint density at radius 1 is 1.21 bits per heavy atom. The van der Waals surface area contributed by atoms with Crippen LogP contribution >= 0.6 is 0 Å². The second-order valence-corrected chi connectivity index (χ2v) is 6.88. The summed E-state index contributed by atoms with van der Waals surface area (Å²) < 4.78 is 5.74. The molecule has 2 aromatic heterocycles. The number of carbonyl (C=O) groups is 1. The second-order valence-electron chi connectivity index (χ2n) is 6.88. The van der Waals surface area contributed by atoms with Gasteiger partial charge in [-0.3, -0.25) is 14.6 Å². The average molecular weight is 390 g/mol. The van der Waals surface area contributed by atoms with Gasteiger partial charge >= 0.3 is 0 Å². The molecule has 3 heterocycles. The lowest BCUT2D eigenvalue weighted by molar-refractivity contribution is 0.0727. The van der Waals surface area contributed by atoms with Crippen molar-refractivity contribution in [1.29, 1.82) is 0 Å². The van der Waals surface area contributed by atoms with Gasteiger partial charge in [0.25, 0.3) is 11.5 Å². The van der Waals surface area contributed by atoms with Crippen molar-refractivity contribution in [3.05, 3.63) is 75.8 Å². The molecule has 1 N–H and O–H groups in total. The van der Waals surface area contributed by atoms with Crippen LogP contribution in [0.3, 0.4) is 0 Å². The summed E-state index contributed by atoms with van der Waals surface area (Å²) in [6.07, 6.45) is 2.98. The van der Waals surface area contributed by atoms with Gasteiger partial charge in [-0.25, -0.2) is 4.98 Å². The van der Waals surface area contributed by atoms with Crippen molar-refractivity contribution in [2.45, 2.75) is 26.3 Å². The highest BCUT2D eigenvalue weighted by atomic mass is 16.5. The Morgan fingerprint density at radius 3 is 2.83 bits per heavy atom. The molecule has 0 bridgehead atoms. The van der Waals surface area contributed by atoms with Crippen LogP contribution in [-0.2, 0) is 13.0 Å². The molecule has 1 amide bonds. The van der Waals surface area contributed by atoms with E-state index in [-0.39, 0.29) is 18.0 Å². The molecular formula is C22H22N4O3. The van der Waals surface area contributed by atoms with E-state index in [1.165, 1.54) is 0 Å². The van der Waals surface area contributed by atoms with Crippen molar-refractivity contribution in [1.82, 2.24) is 19.9 Å². The zero-order valence-corrected chi connectivity index (χ0v) is 16.2. The van der Waals surface area contributed by atoms with Gasteiger partial charge in [-0.2, -0.15) is 0 Å². The number of nitrogens with one attached hydrogen (secondary N) is 1. The molecule has 29 heavy (non-hydrogen) atoms. The molecule has 1 aliphatic rings. The molecule has 1 aromatic carbocycles. The molecule has 0 aliphatic carbocycles. The number of H-pyrrole nitrogens is 1. The van der Waals surface area contributed by atoms with Crippen molar-refractivity contribution in [3.63, 3.8) is 0 Å². The van der Waals surface area contributed by atoms with Crippen molar-refractivity contribution >= 4 is 5.91 Å². The van der Waals surface area contributed by atoms with Gasteiger partial charge in [-0.15, -0.1) is 0 Å². The van der Waals surface area contributed by atoms with Gasteiger partial charge in [0.15, 0.2) is 5.82 Å². The molecule has 0 spiro atoms. The van der Waals surface area contributed by atoms with Crippen LogP contribution in [0.1, 0.15) is 35.0 Å². The number of ether oxygens (including phenoxy) is 1. The topological polar surface area (TPSA) is 88.2 Å². The van der Waals surface area contributed by atoms with E-state index in [1.807, 2.05) is 31.2 Å². The maximum atomic E-state index is 13.2. The minimum Gasteiger partial charge on any atom is -0.493 e. The monoisotopic (exact) mass is 390 g/mol. The number of benzene rings is 1. The molecule has 148 valence electrons. The molecule has 7 heteroatoms. The number of rotatable bonds is 5. The van der Waals surface area contributed by atoms with Crippen LogP contribution < -0.4 is 10.3 Å². The number of pyridine rings is 1. The Morgan fingerprint density at radius 2 is 2.03 bits per heavy atom. The zero-order chi connectivity index (χ0) is 20.2. The third-order valence-electron chi connectivity index (χ3n) is 4.85. The first-order valence-corrected chi connectivity index (χ1v) is 9.72. The summed E-state index contributed by atoms with van der Waals surface area (Å²) in [6, 6.07) is 12.7. The number of amides is 1.